The number of carbonyl (C=O) groups is 1. The van der Waals surface area contributed by atoms with Gasteiger partial charge in [0.1, 0.15) is 0 Å². The molecule has 1 rings (SSSR count). The first-order chi connectivity index (χ1) is 8.70. The second-order valence-electron chi connectivity index (χ2n) is 4.92. The molecule has 1 aliphatic rings. The first kappa shape index (κ1) is 15.4. The number of piperidine rings is 1. The molecular weight excluding hydrogens is 232 g/mol. The third kappa shape index (κ3) is 3.67. The minimum Gasteiger partial charge on any atom is -0.395 e. The highest BCUT2D eigenvalue weighted by molar-refractivity contribution is 5.83. The van der Waals surface area contributed by atoms with Gasteiger partial charge in [-0.1, -0.05) is 6.92 Å². The van der Waals surface area contributed by atoms with Gasteiger partial charge in [0, 0.05) is 26.7 Å². The molecule has 1 unspecified atom stereocenters. The average Bonchev–Trinajstić information content (AvgIpc) is 2.43. The summed E-state index contributed by atoms with van der Waals surface area (Å²) in [6.07, 6.45) is 2.81. The Balaban J connectivity index is 2.71. The Hall–Kier alpha value is -0.650. The van der Waals surface area contributed by atoms with Gasteiger partial charge in [-0.05, 0) is 25.8 Å². The largest absolute Gasteiger partial charge is 0.395 e. The molecule has 5 heteroatoms. The number of aliphatic hydroxyl groups excluding tert-OH is 1. The Morgan fingerprint density at radius 3 is 2.78 bits per heavy atom. The molecule has 1 saturated heterocycles. The van der Waals surface area contributed by atoms with Crippen LogP contribution in [-0.2, 0) is 9.53 Å². The van der Waals surface area contributed by atoms with Crippen LogP contribution in [0.4, 0.5) is 0 Å². The van der Waals surface area contributed by atoms with Crippen LogP contribution in [0.5, 0.6) is 0 Å². The van der Waals surface area contributed by atoms with Crippen molar-refractivity contribution in [2.24, 2.45) is 5.41 Å². The molecule has 0 radical (unpaired) electrons. The molecule has 1 fully saturated rings. The van der Waals surface area contributed by atoms with E-state index in [1.807, 2.05) is 0 Å². The van der Waals surface area contributed by atoms with E-state index in [0.717, 1.165) is 32.4 Å². The number of methoxy groups -OCH3 is 1. The fourth-order valence-corrected chi connectivity index (χ4v) is 2.58. The van der Waals surface area contributed by atoms with E-state index in [1.165, 1.54) is 0 Å². The van der Waals surface area contributed by atoms with Gasteiger partial charge in [0.25, 0.3) is 0 Å². The Kier molecular flexibility index (Phi) is 6.60. The van der Waals surface area contributed by atoms with Crippen LogP contribution in [0.25, 0.3) is 0 Å². The molecule has 1 atom stereocenters. The van der Waals surface area contributed by atoms with Crippen LogP contribution in [0.2, 0.25) is 0 Å². The zero-order chi connectivity index (χ0) is 13.4. The Bertz CT molecular complexity index is 253. The molecule has 1 amide bonds. The summed E-state index contributed by atoms with van der Waals surface area (Å²) >= 11 is 0. The van der Waals surface area contributed by atoms with Crippen molar-refractivity contribution in [3.05, 3.63) is 0 Å². The summed E-state index contributed by atoms with van der Waals surface area (Å²) in [6, 6.07) is 0. The van der Waals surface area contributed by atoms with Crippen molar-refractivity contribution >= 4 is 5.91 Å². The van der Waals surface area contributed by atoms with Crippen molar-refractivity contribution in [2.45, 2.75) is 26.2 Å². The molecule has 0 aromatic heterocycles. The number of aliphatic hydroxyl groups is 1. The lowest BCUT2D eigenvalue weighted by molar-refractivity contribution is -0.144. The highest BCUT2D eigenvalue weighted by atomic mass is 16.5. The SMILES string of the molecule is CCC1(C(=O)N(CCO)CCOC)CCCNC1. The van der Waals surface area contributed by atoms with Gasteiger partial charge in [0.15, 0.2) is 0 Å². The van der Waals surface area contributed by atoms with Crippen LogP contribution < -0.4 is 5.32 Å². The van der Waals surface area contributed by atoms with Gasteiger partial charge in [0.05, 0.1) is 18.6 Å². The van der Waals surface area contributed by atoms with Crippen LogP contribution in [0.15, 0.2) is 0 Å². The van der Waals surface area contributed by atoms with Gasteiger partial charge in [-0.2, -0.15) is 0 Å². The summed E-state index contributed by atoms with van der Waals surface area (Å²) < 4.78 is 5.03. The van der Waals surface area contributed by atoms with Crippen molar-refractivity contribution in [1.29, 1.82) is 0 Å². The standard InChI is InChI=1S/C13H26N2O3/c1-3-13(5-4-6-14-11-13)12(17)15(7-9-16)8-10-18-2/h14,16H,3-11H2,1-2H3. The van der Waals surface area contributed by atoms with Gasteiger partial charge in [0.2, 0.25) is 5.91 Å². The zero-order valence-corrected chi connectivity index (χ0v) is 11.6. The van der Waals surface area contributed by atoms with Crippen LogP contribution in [0.3, 0.4) is 0 Å². The van der Waals surface area contributed by atoms with Crippen LogP contribution in [-0.4, -0.2) is 62.4 Å². The molecule has 0 spiro atoms. The highest BCUT2D eigenvalue weighted by Crippen LogP contribution is 2.32. The first-order valence-corrected chi connectivity index (χ1v) is 6.80. The molecule has 0 bridgehead atoms. The zero-order valence-electron chi connectivity index (χ0n) is 11.6. The highest BCUT2D eigenvalue weighted by Gasteiger charge is 2.40. The third-order valence-corrected chi connectivity index (χ3v) is 3.83. The van der Waals surface area contributed by atoms with Crippen molar-refractivity contribution in [2.75, 3.05) is 46.5 Å². The maximum absolute atomic E-state index is 12.7. The quantitative estimate of drug-likeness (QED) is 0.686. The molecule has 2 N–H and O–H groups in total. The molecule has 0 aromatic rings. The molecule has 106 valence electrons. The molecule has 5 nitrogen and oxygen atoms in total. The van der Waals surface area contributed by atoms with Crippen molar-refractivity contribution in [3.8, 4) is 0 Å². The third-order valence-electron chi connectivity index (χ3n) is 3.83. The van der Waals surface area contributed by atoms with Crippen LogP contribution >= 0.6 is 0 Å². The van der Waals surface area contributed by atoms with Gasteiger partial charge in [-0.15, -0.1) is 0 Å². The van der Waals surface area contributed by atoms with Gasteiger partial charge in [-0.25, -0.2) is 0 Å². The minimum absolute atomic E-state index is 0.00266. The van der Waals surface area contributed by atoms with E-state index in [0.29, 0.717) is 19.7 Å². The molecule has 1 heterocycles. The Morgan fingerprint density at radius 1 is 1.50 bits per heavy atom. The van der Waals surface area contributed by atoms with E-state index in [-0.39, 0.29) is 17.9 Å². The number of nitrogens with one attached hydrogen (secondary N) is 1. The summed E-state index contributed by atoms with van der Waals surface area (Å²) in [4.78, 5) is 14.4. The molecular formula is C13H26N2O3. The molecule has 0 aliphatic carbocycles. The summed E-state index contributed by atoms with van der Waals surface area (Å²) in [5.41, 5.74) is -0.291. The Labute approximate surface area is 109 Å². The maximum atomic E-state index is 12.7. The van der Waals surface area contributed by atoms with E-state index in [9.17, 15) is 4.79 Å². The van der Waals surface area contributed by atoms with E-state index in [1.54, 1.807) is 12.0 Å². The fraction of sp³-hybridized carbons (Fsp3) is 0.923. The van der Waals surface area contributed by atoms with E-state index in [2.05, 4.69) is 12.2 Å². The summed E-state index contributed by atoms with van der Waals surface area (Å²) in [5.74, 6) is 0.156. The topological polar surface area (TPSA) is 61.8 Å². The average molecular weight is 258 g/mol. The maximum Gasteiger partial charge on any atom is 0.230 e. The first-order valence-electron chi connectivity index (χ1n) is 6.80. The lowest BCUT2D eigenvalue weighted by Crippen LogP contribution is -2.52. The number of hydrogen-bond acceptors (Lipinski definition) is 4. The lowest BCUT2D eigenvalue weighted by atomic mass is 9.77. The van der Waals surface area contributed by atoms with E-state index in [4.69, 9.17) is 9.84 Å². The number of ether oxygens (including phenoxy) is 1. The predicted octanol–water partition coefficient (Wildman–Crippen LogP) is 0.234. The number of nitrogens with zero attached hydrogens (tertiary/aromatic N) is 1. The normalized spacial score (nSPS) is 23.9. The van der Waals surface area contributed by atoms with Crippen molar-refractivity contribution in [1.82, 2.24) is 10.2 Å². The minimum atomic E-state index is -0.291. The predicted molar refractivity (Wildman–Crippen MR) is 70.4 cm³/mol. The summed E-state index contributed by atoms with van der Waals surface area (Å²) in [5, 5.41) is 12.4. The van der Waals surface area contributed by atoms with Crippen molar-refractivity contribution in [3.63, 3.8) is 0 Å². The summed E-state index contributed by atoms with van der Waals surface area (Å²) in [6.45, 7) is 5.27. The van der Waals surface area contributed by atoms with Gasteiger partial charge < -0.3 is 20.1 Å². The lowest BCUT2D eigenvalue weighted by Gasteiger charge is -2.39. The van der Waals surface area contributed by atoms with Gasteiger partial charge >= 0.3 is 0 Å². The molecule has 1 aliphatic heterocycles. The van der Waals surface area contributed by atoms with Gasteiger partial charge in [-0.3, -0.25) is 4.79 Å². The van der Waals surface area contributed by atoms with E-state index < -0.39 is 0 Å². The molecule has 18 heavy (non-hydrogen) atoms. The number of hydrogen-bond donors (Lipinski definition) is 2. The Morgan fingerprint density at radius 2 is 2.28 bits per heavy atom. The van der Waals surface area contributed by atoms with Crippen LogP contribution in [0.1, 0.15) is 26.2 Å². The number of carbonyl (C=O) groups excluding carboxylic acids is 1. The van der Waals surface area contributed by atoms with Crippen LogP contribution in [0, 0.1) is 5.41 Å². The summed E-state index contributed by atoms with van der Waals surface area (Å²) in [7, 11) is 1.62. The number of rotatable bonds is 7. The number of amides is 1. The monoisotopic (exact) mass is 258 g/mol. The second-order valence-corrected chi connectivity index (χ2v) is 4.92. The van der Waals surface area contributed by atoms with E-state index >= 15 is 0 Å². The molecule has 0 saturated carbocycles. The second kappa shape index (κ2) is 7.71. The fourth-order valence-electron chi connectivity index (χ4n) is 2.58. The smallest absolute Gasteiger partial charge is 0.230 e. The molecule has 0 aromatic carbocycles. The van der Waals surface area contributed by atoms with Crippen molar-refractivity contribution < 1.29 is 14.6 Å².